The van der Waals surface area contributed by atoms with Gasteiger partial charge in [0.25, 0.3) is 0 Å². The summed E-state index contributed by atoms with van der Waals surface area (Å²) >= 11 is 0. The van der Waals surface area contributed by atoms with Gasteiger partial charge in [-0.05, 0) is 44.7 Å². The Kier molecular flexibility index (Phi) is 6.73. The van der Waals surface area contributed by atoms with E-state index in [9.17, 15) is 9.90 Å². The largest absolute Gasteiger partial charge is 0.462 e. The fourth-order valence-corrected chi connectivity index (χ4v) is 2.04. The lowest BCUT2D eigenvalue weighted by Gasteiger charge is -2.18. The summed E-state index contributed by atoms with van der Waals surface area (Å²) in [5.74, 6) is 0.246. The molecule has 0 saturated carbocycles. The minimum atomic E-state index is -0.584. The molecule has 1 aromatic carbocycles. The molecule has 0 aliphatic heterocycles. The third-order valence-corrected chi connectivity index (χ3v) is 3.34. The van der Waals surface area contributed by atoms with Gasteiger partial charge >= 0.3 is 5.97 Å². The Labute approximate surface area is 122 Å². The van der Waals surface area contributed by atoms with E-state index in [1.165, 1.54) is 0 Å². The van der Waals surface area contributed by atoms with Crippen LogP contribution in [0.5, 0.6) is 0 Å². The maximum atomic E-state index is 11.7. The van der Waals surface area contributed by atoms with E-state index in [0.29, 0.717) is 18.1 Å². The molecule has 20 heavy (non-hydrogen) atoms. The average molecular weight is 278 g/mol. The molecule has 0 amide bonds. The van der Waals surface area contributed by atoms with Crippen LogP contribution in [0.4, 0.5) is 0 Å². The number of esters is 1. The Balaban J connectivity index is 2.16. The van der Waals surface area contributed by atoms with Crippen molar-refractivity contribution in [1.29, 1.82) is 0 Å². The molecule has 0 spiro atoms. The summed E-state index contributed by atoms with van der Waals surface area (Å²) in [6.45, 7) is 6.27. The highest BCUT2D eigenvalue weighted by Gasteiger charge is 2.13. The molecule has 1 unspecified atom stereocenters. The van der Waals surface area contributed by atoms with Crippen molar-refractivity contribution < 1.29 is 14.6 Å². The van der Waals surface area contributed by atoms with Crippen LogP contribution in [0.15, 0.2) is 30.3 Å². The molecule has 0 fully saturated rings. The van der Waals surface area contributed by atoms with Crippen molar-refractivity contribution in [2.75, 3.05) is 6.61 Å². The summed E-state index contributed by atoms with van der Waals surface area (Å²) in [6, 6.07) is 9.05. The molecule has 0 heterocycles. The Hall–Kier alpha value is -1.35. The number of carbonyl (C=O) groups is 1. The molecule has 1 atom stereocenters. The van der Waals surface area contributed by atoms with Crippen molar-refractivity contribution in [2.45, 2.75) is 52.1 Å². The second kappa shape index (κ2) is 8.05. The van der Waals surface area contributed by atoms with Crippen LogP contribution in [-0.4, -0.2) is 23.3 Å². The molecule has 1 rings (SSSR count). The zero-order valence-corrected chi connectivity index (χ0v) is 12.8. The predicted molar refractivity (Wildman–Crippen MR) is 80.7 cm³/mol. The Morgan fingerprint density at radius 3 is 2.50 bits per heavy atom. The van der Waals surface area contributed by atoms with Crippen molar-refractivity contribution in [3.05, 3.63) is 35.9 Å². The predicted octanol–water partition coefficient (Wildman–Crippen LogP) is 3.81. The van der Waals surface area contributed by atoms with E-state index in [4.69, 9.17) is 4.74 Å². The van der Waals surface area contributed by atoms with Gasteiger partial charge < -0.3 is 9.84 Å². The zero-order chi connectivity index (χ0) is 15.0. The summed E-state index contributed by atoms with van der Waals surface area (Å²) in [6.07, 6.45) is 3.72. The lowest BCUT2D eigenvalue weighted by molar-refractivity contribution is 0.0479. The summed E-state index contributed by atoms with van der Waals surface area (Å²) in [7, 11) is 0. The number of benzene rings is 1. The minimum Gasteiger partial charge on any atom is -0.462 e. The van der Waals surface area contributed by atoms with E-state index in [1.807, 2.05) is 32.0 Å². The normalized spacial score (nSPS) is 13.0. The Morgan fingerprint density at radius 1 is 1.25 bits per heavy atom. The van der Waals surface area contributed by atoms with Gasteiger partial charge in [-0.25, -0.2) is 4.79 Å². The van der Waals surface area contributed by atoms with Gasteiger partial charge in [-0.1, -0.05) is 38.0 Å². The van der Waals surface area contributed by atoms with Gasteiger partial charge in [0, 0.05) is 0 Å². The van der Waals surface area contributed by atoms with Crippen LogP contribution in [0.2, 0.25) is 0 Å². The maximum absolute atomic E-state index is 11.7. The lowest BCUT2D eigenvalue weighted by atomic mass is 9.95. The molecule has 0 aromatic heterocycles. The fourth-order valence-electron chi connectivity index (χ4n) is 2.04. The van der Waals surface area contributed by atoms with E-state index in [2.05, 4.69) is 6.92 Å². The van der Waals surface area contributed by atoms with Crippen LogP contribution in [0.25, 0.3) is 0 Å². The highest BCUT2D eigenvalue weighted by atomic mass is 16.5. The number of ether oxygens (including phenoxy) is 1. The first-order chi connectivity index (χ1) is 9.38. The van der Waals surface area contributed by atoms with Crippen LogP contribution in [0, 0.1) is 5.92 Å². The molecule has 0 saturated heterocycles. The summed E-state index contributed by atoms with van der Waals surface area (Å²) in [4.78, 5) is 11.7. The van der Waals surface area contributed by atoms with Crippen molar-refractivity contribution in [3.63, 3.8) is 0 Å². The van der Waals surface area contributed by atoms with Crippen molar-refractivity contribution in [1.82, 2.24) is 0 Å². The van der Waals surface area contributed by atoms with Gasteiger partial charge in [0.15, 0.2) is 0 Å². The monoisotopic (exact) mass is 278 g/mol. The molecule has 0 aliphatic rings. The first-order valence-corrected chi connectivity index (χ1v) is 7.33. The smallest absolute Gasteiger partial charge is 0.338 e. The van der Waals surface area contributed by atoms with Gasteiger partial charge in [0.05, 0.1) is 17.8 Å². The van der Waals surface area contributed by atoms with Crippen LogP contribution >= 0.6 is 0 Å². The van der Waals surface area contributed by atoms with Crippen molar-refractivity contribution in [2.24, 2.45) is 5.92 Å². The molecule has 0 radical (unpaired) electrons. The SMILES string of the molecule is CC(CCCC(C)(C)O)CCOC(=O)c1ccccc1. The van der Waals surface area contributed by atoms with E-state index < -0.39 is 5.60 Å². The van der Waals surface area contributed by atoms with Gasteiger partial charge in [-0.3, -0.25) is 0 Å². The van der Waals surface area contributed by atoms with Gasteiger partial charge in [-0.15, -0.1) is 0 Å². The van der Waals surface area contributed by atoms with E-state index in [0.717, 1.165) is 25.7 Å². The molecule has 1 aromatic rings. The molecule has 1 N–H and O–H groups in total. The third-order valence-electron chi connectivity index (χ3n) is 3.34. The van der Waals surface area contributed by atoms with Crippen molar-refractivity contribution >= 4 is 5.97 Å². The number of rotatable bonds is 8. The van der Waals surface area contributed by atoms with Crippen LogP contribution in [0.1, 0.15) is 56.8 Å². The number of aliphatic hydroxyl groups is 1. The highest BCUT2D eigenvalue weighted by molar-refractivity contribution is 5.89. The molecule has 0 bridgehead atoms. The minimum absolute atomic E-state index is 0.255. The topological polar surface area (TPSA) is 46.5 Å². The number of hydrogen-bond donors (Lipinski definition) is 1. The molecular formula is C17H26O3. The Morgan fingerprint density at radius 2 is 1.90 bits per heavy atom. The molecule has 0 aliphatic carbocycles. The molecular weight excluding hydrogens is 252 g/mol. The summed E-state index contributed by atoms with van der Waals surface area (Å²) in [5.41, 5.74) is 0.0154. The Bertz CT molecular complexity index is 392. The first-order valence-electron chi connectivity index (χ1n) is 7.33. The first kappa shape index (κ1) is 16.7. The average Bonchev–Trinajstić information content (AvgIpc) is 2.38. The second-order valence-corrected chi connectivity index (χ2v) is 6.10. The van der Waals surface area contributed by atoms with E-state index in [-0.39, 0.29) is 5.97 Å². The van der Waals surface area contributed by atoms with Crippen molar-refractivity contribution in [3.8, 4) is 0 Å². The number of hydrogen-bond acceptors (Lipinski definition) is 3. The van der Waals surface area contributed by atoms with Gasteiger partial charge in [0.1, 0.15) is 0 Å². The molecule has 3 nitrogen and oxygen atoms in total. The van der Waals surface area contributed by atoms with Gasteiger partial charge in [-0.2, -0.15) is 0 Å². The van der Waals surface area contributed by atoms with E-state index in [1.54, 1.807) is 12.1 Å². The maximum Gasteiger partial charge on any atom is 0.338 e. The van der Waals surface area contributed by atoms with Gasteiger partial charge in [0.2, 0.25) is 0 Å². The number of carbonyl (C=O) groups excluding carboxylic acids is 1. The molecule has 112 valence electrons. The zero-order valence-electron chi connectivity index (χ0n) is 12.8. The molecule has 3 heteroatoms. The van der Waals surface area contributed by atoms with Crippen LogP contribution < -0.4 is 0 Å². The summed E-state index contributed by atoms with van der Waals surface area (Å²) in [5, 5.41) is 9.64. The fraction of sp³-hybridized carbons (Fsp3) is 0.588. The summed E-state index contributed by atoms with van der Waals surface area (Å²) < 4.78 is 5.26. The highest BCUT2D eigenvalue weighted by Crippen LogP contribution is 2.17. The second-order valence-electron chi connectivity index (χ2n) is 6.10. The van der Waals surface area contributed by atoms with Crippen LogP contribution in [0.3, 0.4) is 0 Å². The lowest BCUT2D eigenvalue weighted by Crippen LogP contribution is -2.18. The van der Waals surface area contributed by atoms with Crippen LogP contribution in [-0.2, 0) is 4.74 Å². The standard InChI is InChI=1S/C17H26O3/c1-14(8-7-12-17(2,3)19)11-13-20-16(18)15-9-5-4-6-10-15/h4-6,9-10,14,19H,7-8,11-13H2,1-3H3. The van der Waals surface area contributed by atoms with E-state index >= 15 is 0 Å². The third kappa shape index (κ3) is 7.29. The quantitative estimate of drug-likeness (QED) is 0.735.